The van der Waals surface area contributed by atoms with Gasteiger partial charge in [0, 0.05) is 21.6 Å². The monoisotopic (exact) mass is 396 g/mol. The first-order chi connectivity index (χ1) is 12.2. The maximum absolute atomic E-state index is 13.0. The molecule has 1 aromatic heterocycles. The molecule has 6 heteroatoms. The Bertz CT molecular complexity index is 796. The lowest BCUT2D eigenvalue weighted by Crippen LogP contribution is -2.48. The molecular weight excluding hydrogens is 371 g/mol. The van der Waals surface area contributed by atoms with Crippen LogP contribution < -0.4 is 5.32 Å². The van der Waals surface area contributed by atoms with E-state index < -0.39 is 5.41 Å². The van der Waals surface area contributed by atoms with E-state index in [-0.39, 0.29) is 24.4 Å². The molecule has 1 aliphatic carbocycles. The van der Waals surface area contributed by atoms with Gasteiger partial charge in [0.15, 0.2) is 0 Å². The van der Waals surface area contributed by atoms with E-state index in [1.807, 2.05) is 25.1 Å². The van der Waals surface area contributed by atoms with Gasteiger partial charge in [0.05, 0.1) is 18.1 Å². The predicted octanol–water partition coefficient (Wildman–Crippen LogP) is 4.94. The first-order valence-corrected chi connectivity index (χ1v) is 9.74. The predicted molar refractivity (Wildman–Crippen MR) is 107 cm³/mol. The molecule has 4 rings (SSSR count). The van der Waals surface area contributed by atoms with Crippen molar-refractivity contribution in [3.05, 3.63) is 34.5 Å². The van der Waals surface area contributed by atoms with Crippen molar-refractivity contribution >= 4 is 40.9 Å². The molecule has 2 aromatic rings. The Morgan fingerprint density at radius 1 is 1.31 bits per heavy atom. The summed E-state index contributed by atoms with van der Waals surface area (Å²) in [5.74, 6) is -0.0447. The van der Waals surface area contributed by atoms with Crippen molar-refractivity contribution in [3.63, 3.8) is 0 Å². The maximum Gasteiger partial charge on any atom is 0.314 e. The highest BCUT2D eigenvalue weighted by Gasteiger charge is 2.50. The van der Waals surface area contributed by atoms with Crippen LogP contribution in [0.15, 0.2) is 18.2 Å². The molecule has 0 saturated heterocycles. The second-order valence-corrected chi connectivity index (χ2v) is 7.72. The topological polar surface area (TPSA) is 54.1 Å². The quantitative estimate of drug-likeness (QED) is 0.721. The number of benzene rings is 1. The smallest absolute Gasteiger partial charge is 0.314 e. The van der Waals surface area contributed by atoms with Crippen molar-refractivity contribution in [2.24, 2.45) is 5.41 Å². The second kappa shape index (κ2) is 7.79. The van der Waals surface area contributed by atoms with Crippen LogP contribution in [0.2, 0.25) is 5.02 Å². The molecule has 1 saturated carbocycles. The van der Waals surface area contributed by atoms with Gasteiger partial charge in [0.2, 0.25) is 0 Å². The minimum Gasteiger partial charge on any atom is -0.466 e. The summed E-state index contributed by atoms with van der Waals surface area (Å²) < 4.78 is 5.53. The van der Waals surface area contributed by atoms with Gasteiger partial charge in [-0.2, -0.15) is 0 Å². The van der Waals surface area contributed by atoms with Crippen molar-refractivity contribution in [1.29, 1.82) is 0 Å². The Labute approximate surface area is 165 Å². The van der Waals surface area contributed by atoms with E-state index in [1.54, 1.807) is 0 Å². The first kappa shape index (κ1) is 19.5. The molecule has 1 fully saturated rings. The number of hydrogen-bond donors (Lipinski definition) is 2. The van der Waals surface area contributed by atoms with Gasteiger partial charge in [-0.05, 0) is 56.5 Å². The molecule has 0 spiro atoms. The molecular formula is C20H26Cl2N2O2. The van der Waals surface area contributed by atoms with Gasteiger partial charge >= 0.3 is 5.97 Å². The van der Waals surface area contributed by atoms with Crippen LogP contribution in [-0.4, -0.2) is 24.1 Å². The number of H-pyrrole nitrogens is 1. The summed E-state index contributed by atoms with van der Waals surface area (Å²) in [6.45, 7) is 3.19. The van der Waals surface area contributed by atoms with Crippen molar-refractivity contribution in [2.75, 3.05) is 13.2 Å². The largest absolute Gasteiger partial charge is 0.466 e. The number of carbonyl (C=O) groups is 1. The minimum absolute atomic E-state index is 0. The number of hydrogen-bond acceptors (Lipinski definition) is 3. The van der Waals surface area contributed by atoms with Gasteiger partial charge in [0.1, 0.15) is 0 Å². The van der Waals surface area contributed by atoms with E-state index in [0.717, 1.165) is 54.9 Å². The number of rotatable bonds is 3. The van der Waals surface area contributed by atoms with Crippen molar-refractivity contribution in [3.8, 4) is 0 Å². The lowest BCUT2D eigenvalue weighted by molar-refractivity contribution is -0.160. The molecule has 1 atom stereocenters. The molecule has 2 heterocycles. The van der Waals surface area contributed by atoms with Gasteiger partial charge in [-0.25, -0.2) is 0 Å². The van der Waals surface area contributed by atoms with Gasteiger partial charge < -0.3 is 15.0 Å². The van der Waals surface area contributed by atoms with Crippen LogP contribution in [-0.2, 0) is 16.0 Å². The lowest BCUT2D eigenvalue weighted by Gasteiger charge is -2.43. The normalized spacial score (nSPS) is 21.7. The van der Waals surface area contributed by atoms with Gasteiger partial charge in [0.25, 0.3) is 0 Å². The average Bonchev–Trinajstić information content (AvgIpc) is 3.00. The number of ether oxygens (including phenoxy) is 1. The Hall–Kier alpha value is -1.23. The van der Waals surface area contributed by atoms with Crippen LogP contribution in [0.4, 0.5) is 0 Å². The molecule has 0 bridgehead atoms. The summed E-state index contributed by atoms with van der Waals surface area (Å²) >= 11 is 6.22. The van der Waals surface area contributed by atoms with E-state index in [0.29, 0.717) is 6.61 Å². The van der Waals surface area contributed by atoms with Crippen LogP contribution in [0.1, 0.15) is 56.3 Å². The summed E-state index contributed by atoms with van der Waals surface area (Å²) in [5, 5.41) is 5.57. The van der Waals surface area contributed by atoms with Crippen molar-refractivity contribution < 1.29 is 9.53 Å². The molecule has 2 aliphatic rings. The molecule has 0 radical (unpaired) electrons. The fourth-order valence-electron chi connectivity index (χ4n) is 4.74. The van der Waals surface area contributed by atoms with Gasteiger partial charge in [-0.15, -0.1) is 12.4 Å². The zero-order valence-electron chi connectivity index (χ0n) is 15.1. The number of nitrogens with one attached hydrogen (secondary N) is 2. The van der Waals surface area contributed by atoms with Crippen LogP contribution >= 0.6 is 24.0 Å². The minimum atomic E-state index is -0.464. The standard InChI is InChI=1S/C20H25ClN2O2.ClH/c1-2-25-19(24)20(9-4-3-5-10-20)18-17-14(8-11-22-18)15-12-13(21)6-7-16(15)23-17;/h6-7,12,18,22-23H,2-5,8-11H2,1H3;1H. The zero-order chi connectivity index (χ0) is 17.4. The Morgan fingerprint density at radius 3 is 2.81 bits per heavy atom. The highest BCUT2D eigenvalue weighted by molar-refractivity contribution is 6.31. The van der Waals surface area contributed by atoms with Crippen LogP contribution in [0, 0.1) is 5.41 Å². The van der Waals surface area contributed by atoms with Gasteiger partial charge in [-0.3, -0.25) is 4.79 Å². The maximum atomic E-state index is 13.0. The average molecular weight is 397 g/mol. The summed E-state index contributed by atoms with van der Waals surface area (Å²) in [5.41, 5.74) is 3.08. The van der Waals surface area contributed by atoms with Gasteiger partial charge in [-0.1, -0.05) is 30.9 Å². The molecule has 2 N–H and O–H groups in total. The third kappa shape index (κ3) is 3.12. The number of aromatic nitrogens is 1. The molecule has 1 aliphatic heterocycles. The Morgan fingerprint density at radius 2 is 2.08 bits per heavy atom. The van der Waals surface area contributed by atoms with Crippen LogP contribution in [0.3, 0.4) is 0 Å². The Kier molecular flexibility index (Phi) is 5.85. The van der Waals surface area contributed by atoms with E-state index in [2.05, 4.69) is 10.3 Å². The molecule has 4 nitrogen and oxygen atoms in total. The van der Waals surface area contributed by atoms with Crippen molar-refractivity contribution in [2.45, 2.75) is 51.5 Å². The van der Waals surface area contributed by atoms with E-state index in [4.69, 9.17) is 16.3 Å². The van der Waals surface area contributed by atoms with Crippen molar-refractivity contribution in [1.82, 2.24) is 10.3 Å². The molecule has 0 amide bonds. The SMILES string of the molecule is CCOC(=O)C1(C2NCCc3c2[nH]c2ccc(Cl)cc32)CCCCC1.Cl. The third-order valence-electron chi connectivity index (χ3n) is 5.89. The number of aromatic amines is 1. The fourth-order valence-corrected chi connectivity index (χ4v) is 4.91. The molecule has 142 valence electrons. The third-order valence-corrected chi connectivity index (χ3v) is 6.13. The molecule has 1 aromatic carbocycles. The van der Waals surface area contributed by atoms with Crippen LogP contribution in [0.25, 0.3) is 10.9 Å². The van der Waals surface area contributed by atoms with E-state index in [9.17, 15) is 4.79 Å². The number of fused-ring (bicyclic) bond motifs is 3. The zero-order valence-corrected chi connectivity index (χ0v) is 16.6. The highest BCUT2D eigenvalue weighted by Crippen LogP contribution is 2.49. The van der Waals surface area contributed by atoms with E-state index in [1.165, 1.54) is 17.4 Å². The Balaban J connectivity index is 0.00000196. The van der Waals surface area contributed by atoms with E-state index >= 15 is 0 Å². The number of esters is 1. The second-order valence-electron chi connectivity index (χ2n) is 7.28. The summed E-state index contributed by atoms with van der Waals surface area (Å²) in [7, 11) is 0. The molecule has 26 heavy (non-hydrogen) atoms. The first-order valence-electron chi connectivity index (χ1n) is 9.36. The fraction of sp³-hybridized carbons (Fsp3) is 0.550. The lowest BCUT2D eigenvalue weighted by atomic mass is 9.67. The molecule has 1 unspecified atom stereocenters. The van der Waals surface area contributed by atoms with Crippen LogP contribution in [0.5, 0.6) is 0 Å². The number of halogens is 2. The summed E-state index contributed by atoms with van der Waals surface area (Å²) in [4.78, 5) is 16.6. The highest BCUT2D eigenvalue weighted by atomic mass is 35.5. The summed E-state index contributed by atoms with van der Waals surface area (Å²) in [6.07, 6.45) is 6.09. The summed E-state index contributed by atoms with van der Waals surface area (Å²) in [6, 6.07) is 5.97. The number of carbonyl (C=O) groups excluding carboxylic acids is 1.